The van der Waals surface area contributed by atoms with Crippen molar-refractivity contribution in [3.8, 4) is 11.5 Å². The molecule has 0 spiro atoms. The molecule has 1 heterocycles. The summed E-state index contributed by atoms with van der Waals surface area (Å²) in [5.74, 6) is -0.362. The van der Waals surface area contributed by atoms with Crippen LogP contribution in [0.1, 0.15) is 58.8 Å². The second-order valence-corrected chi connectivity index (χ2v) is 8.09. The summed E-state index contributed by atoms with van der Waals surface area (Å²) in [5, 5.41) is 19.8. The van der Waals surface area contributed by atoms with E-state index in [1.165, 1.54) is 12.1 Å². The second kappa shape index (κ2) is 9.20. The number of aromatic hydroxyl groups is 2. The molecule has 0 atom stereocenters. The Labute approximate surface area is 177 Å². The SMILES string of the molecule is CCCCN(C)C(=O)CCc1ccc2c(c1)CN(C(=O)c1cc(C)c(O)cc1O)C2. The Bertz CT molecular complexity index is 954. The molecule has 0 fully saturated rings. The summed E-state index contributed by atoms with van der Waals surface area (Å²) in [5.41, 5.74) is 3.97. The van der Waals surface area contributed by atoms with Crippen LogP contribution in [0.2, 0.25) is 0 Å². The monoisotopic (exact) mass is 410 g/mol. The van der Waals surface area contributed by atoms with Crippen molar-refractivity contribution in [2.24, 2.45) is 0 Å². The zero-order valence-electron chi connectivity index (χ0n) is 17.9. The van der Waals surface area contributed by atoms with Crippen molar-refractivity contribution >= 4 is 11.8 Å². The van der Waals surface area contributed by atoms with Crippen molar-refractivity contribution in [2.75, 3.05) is 13.6 Å². The number of carbonyl (C=O) groups is 2. The molecule has 160 valence electrons. The van der Waals surface area contributed by atoms with Crippen LogP contribution in [0.25, 0.3) is 0 Å². The highest BCUT2D eigenvalue weighted by atomic mass is 16.3. The van der Waals surface area contributed by atoms with Gasteiger partial charge in [-0.1, -0.05) is 31.5 Å². The molecule has 0 bridgehead atoms. The fourth-order valence-electron chi connectivity index (χ4n) is 3.74. The Hall–Kier alpha value is -3.02. The van der Waals surface area contributed by atoms with Gasteiger partial charge in [0.2, 0.25) is 5.91 Å². The minimum Gasteiger partial charge on any atom is -0.508 e. The van der Waals surface area contributed by atoms with Gasteiger partial charge in [0.1, 0.15) is 11.5 Å². The maximum absolute atomic E-state index is 12.9. The van der Waals surface area contributed by atoms with Gasteiger partial charge in [-0.2, -0.15) is 0 Å². The highest BCUT2D eigenvalue weighted by molar-refractivity contribution is 5.97. The van der Waals surface area contributed by atoms with E-state index in [2.05, 4.69) is 13.0 Å². The molecular weight excluding hydrogens is 380 g/mol. The van der Waals surface area contributed by atoms with Crippen LogP contribution in [0.3, 0.4) is 0 Å². The molecule has 2 aromatic rings. The predicted molar refractivity (Wildman–Crippen MR) is 115 cm³/mol. The topological polar surface area (TPSA) is 81.1 Å². The molecule has 0 aliphatic carbocycles. The number of nitrogens with zero attached hydrogens (tertiary/aromatic N) is 2. The molecule has 0 aromatic heterocycles. The van der Waals surface area contributed by atoms with E-state index in [1.807, 2.05) is 19.2 Å². The number of phenolic OH excluding ortho intramolecular Hbond substituents is 2. The minimum atomic E-state index is -0.263. The molecule has 0 radical (unpaired) electrons. The number of hydrogen-bond donors (Lipinski definition) is 2. The molecule has 0 unspecified atom stereocenters. The van der Waals surface area contributed by atoms with Crippen LogP contribution in [0, 0.1) is 6.92 Å². The van der Waals surface area contributed by atoms with Crippen molar-refractivity contribution in [1.29, 1.82) is 0 Å². The van der Waals surface area contributed by atoms with E-state index < -0.39 is 0 Å². The number of phenols is 2. The summed E-state index contributed by atoms with van der Waals surface area (Å²) in [4.78, 5) is 28.6. The third-order valence-electron chi connectivity index (χ3n) is 5.73. The van der Waals surface area contributed by atoms with Gasteiger partial charge in [0.25, 0.3) is 5.91 Å². The molecule has 1 aliphatic rings. The van der Waals surface area contributed by atoms with Crippen LogP contribution in [-0.4, -0.2) is 45.4 Å². The Morgan fingerprint density at radius 3 is 2.53 bits per heavy atom. The van der Waals surface area contributed by atoms with Crippen LogP contribution < -0.4 is 0 Å². The second-order valence-electron chi connectivity index (χ2n) is 8.09. The molecule has 6 nitrogen and oxygen atoms in total. The summed E-state index contributed by atoms with van der Waals surface area (Å²) < 4.78 is 0. The van der Waals surface area contributed by atoms with E-state index in [-0.39, 0.29) is 28.9 Å². The number of rotatable bonds is 7. The molecule has 2 amide bonds. The standard InChI is InChI=1S/C24H30N2O4/c1-4-5-10-25(3)23(29)9-7-17-6-8-18-14-26(15-19(18)12-17)24(30)20-11-16(2)21(27)13-22(20)28/h6,8,11-13,27-28H,4-5,7,9-10,14-15H2,1-3H3. The van der Waals surface area contributed by atoms with Gasteiger partial charge in [0.05, 0.1) is 5.56 Å². The first kappa shape index (κ1) is 21.7. The number of amides is 2. The smallest absolute Gasteiger partial charge is 0.258 e. The third kappa shape index (κ3) is 4.75. The van der Waals surface area contributed by atoms with E-state index in [9.17, 15) is 19.8 Å². The van der Waals surface area contributed by atoms with Crippen molar-refractivity contribution in [2.45, 2.75) is 52.6 Å². The average Bonchev–Trinajstić information content (AvgIpc) is 3.15. The number of fused-ring (bicyclic) bond motifs is 1. The molecule has 6 heteroatoms. The molecule has 0 saturated carbocycles. The van der Waals surface area contributed by atoms with Crippen LogP contribution >= 0.6 is 0 Å². The van der Waals surface area contributed by atoms with E-state index >= 15 is 0 Å². The van der Waals surface area contributed by atoms with E-state index in [0.29, 0.717) is 31.5 Å². The third-order valence-corrected chi connectivity index (χ3v) is 5.73. The Morgan fingerprint density at radius 2 is 1.80 bits per heavy atom. The maximum atomic E-state index is 12.9. The molecule has 30 heavy (non-hydrogen) atoms. The van der Waals surface area contributed by atoms with Crippen LogP contribution in [0.5, 0.6) is 11.5 Å². The van der Waals surface area contributed by atoms with Gasteiger partial charge in [0, 0.05) is 39.2 Å². The van der Waals surface area contributed by atoms with Gasteiger partial charge >= 0.3 is 0 Å². The molecule has 2 N–H and O–H groups in total. The average molecular weight is 411 g/mol. The number of hydrogen-bond acceptors (Lipinski definition) is 4. The largest absolute Gasteiger partial charge is 0.508 e. The van der Waals surface area contributed by atoms with E-state index in [0.717, 1.165) is 36.1 Å². The van der Waals surface area contributed by atoms with E-state index in [1.54, 1.807) is 16.7 Å². The lowest BCUT2D eigenvalue weighted by atomic mass is 10.0. The fourth-order valence-corrected chi connectivity index (χ4v) is 3.74. The summed E-state index contributed by atoms with van der Waals surface area (Å²) in [6.45, 7) is 5.54. The minimum absolute atomic E-state index is 0.0340. The highest BCUT2D eigenvalue weighted by Gasteiger charge is 2.26. The van der Waals surface area contributed by atoms with Gasteiger partial charge in [-0.05, 0) is 48.1 Å². The fraction of sp³-hybridized carbons (Fsp3) is 0.417. The molecule has 0 saturated heterocycles. The quantitative estimate of drug-likeness (QED) is 0.728. The first-order valence-corrected chi connectivity index (χ1v) is 10.5. The lowest BCUT2D eigenvalue weighted by molar-refractivity contribution is -0.129. The van der Waals surface area contributed by atoms with Crippen molar-refractivity contribution in [1.82, 2.24) is 9.80 Å². The first-order valence-electron chi connectivity index (χ1n) is 10.5. The molecule has 3 rings (SSSR count). The number of aryl methyl sites for hydroxylation is 2. The Morgan fingerprint density at radius 1 is 1.07 bits per heavy atom. The van der Waals surface area contributed by atoms with Crippen molar-refractivity contribution in [3.05, 3.63) is 58.1 Å². The highest BCUT2D eigenvalue weighted by Crippen LogP contribution is 2.31. The van der Waals surface area contributed by atoms with E-state index in [4.69, 9.17) is 0 Å². The van der Waals surface area contributed by atoms with Gasteiger partial charge in [-0.3, -0.25) is 9.59 Å². The summed E-state index contributed by atoms with van der Waals surface area (Å²) >= 11 is 0. The zero-order valence-corrected chi connectivity index (χ0v) is 17.9. The molecule has 2 aromatic carbocycles. The number of unbranched alkanes of at least 4 members (excludes halogenated alkanes) is 1. The Kier molecular flexibility index (Phi) is 6.65. The van der Waals surface area contributed by atoms with Crippen molar-refractivity contribution < 1.29 is 19.8 Å². The summed E-state index contributed by atoms with van der Waals surface area (Å²) in [7, 11) is 1.85. The lowest BCUT2D eigenvalue weighted by Crippen LogP contribution is -2.27. The first-order chi connectivity index (χ1) is 14.3. The summed E-state index contributed by atoms with van der Waals surface area (Å²) in [6, 6.07) is 8.84. The number of benzene rings is 2. The summed E-state index contributed by atoms with van der Waals surface area (Å²) in [6.07, 6.45) is 3.23. The van der Waals surface area contributed by atoms with Crippen LogP contribution in [-0.2, 0) is 24.3 Å². The Balaban J connectivity index is 1.64. The van der Waals surface area contributed by atoms with Crippen molar-refractivity contribution in [3.63, 3.8) is 0 Å². The maximum Gasteiger partial charge on any atom is 0.258 e. The number of carbonyl (C=O) groups excluding carboxylic acids is 2. The molecular formula is C24H30N2O4. The lowest BCUT2D eigenvalue weighted by Gasteiger charge is -2.17. The van der Waals surface area contributed by atoms with Crippen LogP contribution in [0.15, 0.2) is 30.3 Å². The van der Waals surface area contributed by atoms with Gasteiger partial charge in [-0.15, -0.1) is 0 Å². The molecule has 1 aliphatic heterocycles. The van der Waals surface area contributed by atoms with Gasteiger partial charge in [-0.25, -0.2) is 0 Å². The van der Waals surface area contributed by atoms with Crippen LogP contribution in [0.4, 0.5) is 0 Å². The van der Waals surface area contributed by atoms with Gasteiger partial charge < -0.3 is 20.0 Å². The normalized spacial score (nSPS) is 12.7. The zero-order chi connectivity index (χ0) is 21.8. The van der Waals surface area contributed by atoms with Gasteiger partial charge in [0.15, 0.2) is 0 Å². The predicted octanol–water partition coefficient (Wildman–Crippen LogP) is 3.75.